The molecule has 10 heteroatoms. The lowest BCUT2D eigenvalue weighted by molar-refractivity contribution is -0.181. The number of aliphatic hydroxyl groups excluding tert-OH is 1. The summed E-state index contributed by atoms with van der Waals surface area (Å²) in [7, 11) is 0. The second-order valence-electron chi connectivity index (χ2n) is 9.81. The van der Waals surface area contributed by atoms with Gasteiger partial charge in [-0.15, -0.1) is 0 Å². The minimum Gasteiger partial charge on any atom is -0.489 e. The van der Waals surface area contributed by atoms with Crippen molar-refractivity contribution < 1.29 is 34.0 Å². The van der Waals surface area contributed by atoms with Gasteiger partial charge >= 0.3 is 5.97 Å². The molecule has 0 amide bonds. The zero-order valence-corrected chi connectivity index (χ0v) is 23.8. The van der Waals surface area contributed by atoms with Gasteiger partial charge in [0.1, 0.15) is 25.6 Å². The monoisotopic (exact) mass is 600 g/mol. The number of halogens is 1. The first-order valence-electron chi connectivity index (χ1n) is 13.5. The zero-order valence-electron chi connectivity index (χ0n) is 23.1. The van der Waals surface area contributed by atoms with Crippen molar-refractivity contribution in [2.45, 2.75) is 25.5 Å². The van der Waals surface area contributed by atoms with Crippen LogP contribution in [0.5, 0.6) is 17.2 Å². The number of aliphatic hydroxyl groups is 1. The maximum atomic E-state index is 12.1. The highest BCUT2D eigenvalue weighted by atomic mass is 35.5. The molecule has 43 heavy (non-hydrogen) atoms. The van der Waals surface area contributed by atoms with Gasteiger partial charge in [-0.05, 0) is 53.1 Å². The lowest BCUT2D eigenvalue weighted by atomic mass is 10.0. The molecule has 4 aromatic carbocycles. The molecule has 9 nitrogen and oxygen atoms in total. The fraction of sp³-hybridized carbons (Fsp3) is 0.212. The van der Waals surface area contributed by atoms with Crippen LogP contribution in [0.1, 0.15) is 22.3 Å². The van der Waals surface area contributed by atoms with Crippen LogP contribution in [0.4, 0.5) is 0 Å². The molecule has 0 spiro atoms. The molecule has 0 aliphatic carbocycles. The van der Waals surface area contributed by atoms with Gasteiger partial charge in [-0.1, -0.05) is 60.1 Å². The number of carboxylic acids is 1. The molecule has 1 unspecified atom stereocenters. The summed E-state index contributed by atoms with van der Waals surface area (Å²) in [6.45, 7) is 0.463. The maximum Gasteiger partial charge on any atom is 0.353 e. The normalized spacial score (nSPS) is 13.5. The van der Waals surface area contributed by atoms with Crippen LogP contribution < -0.4 is 19.5 Å². The molecule has 1 aliphatic heterocycles. The molecule has 1 atom stereocenters. The Morgan fingerprint density at radius 2 is 1.72 bits per heavy atom. The largest absolute Gasteiger partial charge is 0.489 e. The van der Waals surface area contributed by atoms with Gasteiger partial charge in [0.05, 0.1) is 29.9 Å². The highest BCUT2D eigenvalue weighted by molar-refractivity contribution is 6.34. The number of hydrogen-bond donors (Lipinski definition) is 3. The number of aliphatic carboxylic acids is 1. The highest BCUT2D eigenvalue weighted by Gasteiger charge is 2.39. The summed E-state index contributed by atoms with van der Waals surface area (Å²) >= 11 is 6.77. The summed E-state index contributed by atoms with van der Waals surface area (Å²) in [6, 6.07) is 27.3. The van der Waals surface area contributed by atoms with Crippen molar-refractivity contribution in [1.82, 2.24) is 5.32 Å². The standard InChI is InChI=1S/C33H29ClN2O7/c34-31-26(5-2-6-28(31)25-9-12-29-30(16-25)41-14-13-40-29)20-42-27-10-7-22(8-11-27)18-36-33(21-37,32(38)39)43-19-24-4-1-3-23(15-24)17-35/h1-12,15-16,36-37H,13-14,18-21H2,(H,38,39). The van der Waals surface area contributed by atoms with Gasteiger partial charge in [0, 0.05) is 17.7 Å². The average molecular weight is 601 g/mol. The second-order valence-corrected chi connectivity index (χ2v) is 10.2. The first kappa shape index (κ1) is 29.9. The van der Waals surface area contributed by atoms with Gasteiger partial charge in [-0.25, -0.2) is 4.79 Å². The van der Waals surface area contributed by atoms with Crippen LogP contribution in [-0.2, 0) is 29.3 Å². The fourth-order valence-electron chi connectivity index (χ4n) is 4.53. The van der Waals surface area contributed by atoms with Gasteiger partial charge in [0.25, 0.3) is 0 Å². The van der Waals surface area contributed by atoms with Gasteiger partial charge in [-0.3, -0.25) is 5.32 Å². The summed E-state index contributed by atoms with van der Waals surface area (Å²) in [5.74, 6) is 0.642. The van der Waals surface area contributed by atoms with Gasteiger partial charge < -0.3 is 29.2 Å². The van der Waals surface area contributed by atoms with E-state index in [1.165, 1.54) is 0 Å². The first-order valence-corrected chi connectivity index (χ1v) is 13.9. The number of nitrogens with zero attached hydrogens (tertiary/aromatic N) is 1. The van der Waals surface area contributed by atoms with E-state index in [-0.39, 0.29) is 19.8 Å². The van der Waals surface area contributed by atoms with Crippen LogP contribution in [0.25, 0.3) is 11.1 Å². The van der Waals surface area contributed by atoms with Crippen LogP contribution >= 0.6 is 11.6 Å². The number of carboxylic acid groups (broad SMARTS) is 1. The van der Waals surface area contributed by atoms with Crippen molar-refractivity contribution in [3.05, 3.63) is 112 Å². The van der Waals surface area contributed by atoms with Crippen molar-refractivity contribution in [3.63, 3.8) is 0 Å². The van der Waals surface area contributed by atoms with E-state index < -0.39 is 18.3 Å². The van der Waals surface area contributed by atoms with Crippen molar-refractivity contribution in [2.75, 3.05) is 19.8 Å². The summed E-state index contributed by atoms with van der Waals surface area (Å²) < 4.78 is 22.9. The molecule has 0 saturated carbocycles. The lowest BCUT2D eigenvalue weighted by Gasteiger charge is -2.29. The molecular formula is C33H29ClN2O7. The Balaban J connectivity index is 1.20. The minimum absolute atomic E-state index is 0.106. The second kappa shape index (κ2) is 13.6. The number of hydrogen-bond acceptors (Lipinski definition) is 8. The molecule has 1 heterocycles. The summed E-state index contributed by atoms with van der Waals surface area (Å²) in [5.41, 5.74) is 2.33. The highest BCUT2D eigenvalue weighted by Crippen LogP contribution is 2.38. The minimum atomic E-state index is -2.03. The van der Waals surface area contributed by atoms with Crippen LogP contribution in [0.15, 0.2) is 84.9 Å². The molecule has 220 valence electrons. The number of benzene rings is 4. The fourth-order valence-corrected chi connectivity index (χ4v) is 4.82. The quantitative estimate of drug-likeness (QED) is 0.185. The number of rotatable bonds is 12. The number of carbonyl (C=O) groups is 1. The number of nitriles is 1. The van der Waals surface area contributed by atoms with E-state index in [0.29, 0.717) is 46.6 Å². The van der Waals surface area contributed by atoms with Crippen molar-refractivity contribution in [1.29, 1.82) is 5.26 Å². The molecule has 0 bridgehead atoms. The molecule has 3 N–H and O–H groups in total. The third kappa shape index (κ3) is 7.08. The van der Waals surface area contributed by atoms with Crippen LogP contribution in [-0.4, -0.2) is 41.7 Å². The third-order valence-electron chi connectivity index (χ3n) is 6.94. The summed E-state index contributed by atoms with van der Waals surface area (Å²) in [5, 5.41) is 32.2. The van der Waals surface area contributed by atoms with Gasteiger partial charge in [0.2, 0.25) is 5.72 Å². The van der Waals surface area contributed by atoms with Crippen LogP contribution in [0.3, 0.4) is 0 Å². The molecular weight excluding hydrogens is 572 g/mol. The Bertz CT molecular complexity index is 1640. The number of ether oxygens (including phenoxy) is 4. The lowest BCUT2D eigenvalue weighted by Crippen LogP contribution is -2.56. The topological polar surface area (TPSA) is 130 Å². The van der Waals surface area contributed by atoms with Crippen LogP contribution in [0, 0.1) is 11.3 Å². The maximum absolute atomic E-state index is 12.1. The molecule has 0 saturated heterocycles. The molecule has 0 aromatic heterocycles. The third-order valence-corrected chi connectivity index (χ3v) is 7.38. The predicted molar refractivity (Wildman–Crippen MR) is 159 cm³/mol. The van der Waals surface area contributed by atoms with E-state index in [1.54, 1.807) is 48.5 Å². The van der Waals surface area contributed by atoms with E-state index in [9.17, 15) is 15.0 Å². The Labute approximate surface area is 253 Å². The predicted octanol–water partition coefficient (Wildman–Crippen LogP) is 5.31. The van der Waals surface area contributed by atoms with Crippen molar-refractivity contribution in [3.8, 4) is 34.4 Å². The van der Waals surface area contributed by atoms with E-state index in [0.717, 1.165) is 22.3 Å². The van der Waals surface area contributed by atoms with E-state index in [1.807, 2.05) is 42.5 Å². The molecule has 5 rings (SSSR count). The Morgan fingerprint density at radius 3 is 2.47 bits per heavy atom. The van der Waals surface area contributed by atoms with Gasteiger partial charge in [-0.2, -0.15) is 5.26 Å². The van der Waals surface area contributed by atoms with E-state index in [2.05, 4.69) is 5.32 Å². The van der Waals surface area contributed by atoms with E-state index >= 15 is 0 Å². The van der Waals surface area contributed by atoms with E-state index in [4.69, 9.17) is 35.8 Å². The molecule has 0 fully saturated rings. The zero-order chi connectivity index (χ0) is 30.2. The molecule has 1 aliphatic rings. The summed E-state index contributed by atoms with van der Waals surface area (Å²) in [6.07, 6.45) is 0. The SMILES string of the molecule is N#Cc1cccc(COC(CO)(NCc2ccc(OCc3cccc(-c4ccc5c(c4)OCCO5)c3Cl)cc2)C(=O)O)c1. The first-order chi connectivity index (χ1) is 20.9. The van der Waals surface area contributed by atoms with Crippen molar-refractivity contribution >= 4 is 17.6 Å². The van der Waals surface area contributed by atoms with Gasteiger partial charge in [0.15, 0.2) is 11.5 Å². The Kier molecular flexibility index (Phi) is 9.45. The molecule has 4 aromatic rings. The Hall–Kier alpha value is -4.59. The van der Waals surface area contributed by atoms with Crippen molar-refractivity contribution in [2.24, 2.45) is 0 Å². The summed E-state index contributed by atoms with van der Waals surface area (Å²) in [4.78, 5) is 12.1. The number of fused-ring (bicyclic) bond motifs is 1. The smallest absolute Gasteiger partial charge is 0.353 e. The Morgan fingerprint density at radius 1 is 0.953 bits per heavy atom. The molecule has 0 radical (unpaired) electrons. The number of nitrogens with one attached hydrogen (secondary N) is 1. The van der Waals surface area contributed by atoms with Crippen LogP contribution in [0.2, 0.25) is 5.02 Å². The average Bonchev–Trinajstić information content (AvgIpc) is 3.05.